The molecular weight excluding hydrogens is 316 g/mol. The number of carbonyl (C=O) groups excluding carboxylic acids is 1. The zero-order valence-electron chi connectivity index (χ0n) is 13.4. The van der Waals surface area contributed by atoms with Gasteiger partial charge in [0.05, 0.1) is 11.6 Å². The van der Waals surface area contributed by atoms with Gasteiger partial charge in [0.1, 0.15) is 5.75 Å². The van der Waals surface area contributed by atoms with Gasteiger partial charge in [0.15, 0.2) is 0 Å². The Bertz CT molecular complexity index is 568. The Labute approximate surface area is 142 Å². The Hall–Kier alpha value is -1.52. The van der Waals surface area contributed by atoms with Crippen molar-refractivity contribution in [2.24, 2.45) is 0 Å². The van der Waals surface area contributed by atoms with E-state index in [1.54, 1.807) is 18.2 Å². The Morgan fingerprint density at radius 1 is 1.22 bits per heavy atom. The van der Waals surface area contributed by atoms with Crippen molar-refractivity contribution in [2.45, 2.75) is 51.7 Å². The summed E-state index contributed by atoms with van der Waals surface area (Å²) in [6, 6.07) is 5.19. The molecule has 0 radical (unpaired) electrons. The van der Waals surface area contributed by atoms with Crippen molar-refractivity contribution in [1.82, 2.24) is 0 Å². The number of aliphatic hydroxyl groups is 1. The summed E-state index contributed by atoms with van der Waals surface area (Å²) in [6.45, 7) is 2.84. The molecule has 1 unspecified atom stereocenters. The lowest BCUT2D eigenvalue weighted by atomic mass is 10.1. The first-order chi connectivity index (χ1) is 11.1. The minimum atomic E-state index is -1.23. The van der Waals surface area contributed by atoms with E-state index in [0.717, 1.165) is 12.8 Å². The van der Waals surface area contributed by atoms with Gasteiger partial charge in [0, 0.05) is 11.6 Å². The molecule has 1 N–H and O–H groups in total. The average molecular weight is 339 g/mol. The Kier molecular flexibility index (Phi) is 6.93. The maximum Gasteiger partial charge on any atom is 0.333 e. The van der Waals surface area contributed by atoms with Crippen molar-refractivity contribution < 1.29 is 19.4 Å². The average Bonchev–Trinajstić information content (AvgIpc) is 2.86. The molecule has 1 aliphatic rings. The molecule has 4 nitrogen and oxygen atoms in total. The number of halogens is 1. The monoisotopic (exact) mass is 338 g/mol. The highest BCUT2D eigenvalue weighted by Crippen LogP contribution is 2.31. The molecule has 0 bridgehead atoms. The van der Waals surface area contributed by atoms with Gasteiger partial charge in [-0.25, -0.2) is 4.79 Å². The van der Waals surface area contributed by atoms with Crippen LogP contribution in [0.2, 0.25) is 5.02 Å². The molecule has 126 valence electrons. The maximum atomic E-state index is 11.1. The van der Waals surface area contributed by atoms with Crippen LogP contribution in [-0.4, -0.2) is 24.0 Å². The van der Waals surface area contributed by atoms with Gasteiger partial charge < -0.3 is 14.6 Å². The van der Waals surface area contributed by atoms with Crippen molar-refractivity contribution in [1.29, 1.82) is 0 Å². The lowest BCUT2D eigenvalue weighted by molar-refractivity contribution is -0.149. The molecule has 0 amide bonds. The minimum absolute atomic E-state index is 0.416. The third kappa shape index (κ3) is 5.26. The van der Waals surface area contributed by atoms with Crippen LogP contribution in [0.5, 0.6) is 5.75 Å². The Morgan fingerprint density at radius 2 is 1.96 bits per heavy atom. The van der Waals surface area contributed by atoms with Gasteiger partial charge in [0.25, 0.3) is 0 Å². The van der Waals surface area contributed by atoms with Crippen LogP contribution < -0.4 is 4.74 Å². The molecule has 1 aromatic rings. The number of aliphatic hydroxyl groups excluding tert-OH is 1. The second-order valence-electron chi connectivity index (χ2n) is 5.65. The second-order valence-corrected chi connectivity index (χ2v) is 6.06. The van der Waals surface area contributed by atoms with Crippen molar-refractivity contribution in [3.8, 4) is 5.75 Å². The molecule has 23 heavy (non-hydrogen) atoms. The number of hydrogen-bond acceptors (Lipinski definition) is 4. The summed E-state index contributed by atoms with van der Waals surface area (Å²) in [4.78, 5) is 11.1. The van der Waals surface area contributed by atoms with Crippen LogP contribution in [0.4, 0.5) is 0 Å². The van der Waals surface area contributed by atoms with E-state index in [0.29, 0.717) is 28.5 Å². The molecule has 1 aromatic carbocycles. The first kappa shape index (κ1) is 17.8. The standard InChI is InChI=1S/C18H23ClO4/c1-2-3-4-5-6-7-10-22-16-9-8-13(11-15(16)19)14-12-17(20)23-18(14)21/h8-9,11-12,18,21H,2-7,10H2,1H3. The van der Waals surface area contributed by atoms with Crippen LogP contribution >= 0.6 is 11.6 Å². The summed E-state index contributed by atoms with van der Waals surface area (Å²) in [7, 11) is 0. The lowest BCUT2D eigenvalue weighted by Crippen LogP contribution is -2.09. The summed E-state index contributed by atoms with van der Waals surface area (Å²) < 4.78 is 10.4. The largest absolute Gasteiger partial charge is 0.492 e. The molecule has 5 heteroatoms. The van der Waals surface area contributed by atoms with Gasteiger partial charge in [0.2, 0.25) is 6.29 Å². The number of rotatable bonds is 9. The second kappa shape index (κ2) is 8.94. The number of esters is 1. The molecule has 2 rings (SSSR count). The fourth-order valence-corrected chi connectivity index (χ4v) is 2.73. The van der Waals surface area contributed by atoms with Crippen molar-refractivity contribution in [3.63, 3.8) is 0 Å². The zero-order chi connectivity index (χ0) is 16.7. The van der Waals surface area contributed by atoms with E-state index in [9.17, 15) is 9.90 Å². The summed E-state index contributed by atoms with van der Waals surface area (Å²) >= 11 is 6.21. The molecule has 1 heterocycles. The van der Waals surface area contributed by atoms with E-state index in [1.165, 1.54) is 31.8 Å². The zero-order valence-corrected chi connectivity index (χ0v) is 14.1. The van der Waals surface area contributed by atoms with Gasteiger partial charge >= 0.3 is 5.97 Å². The van der Waals surface area contributed by atoms with Crippen LogP contribution in [0.15, 0.2) is 24.3 Å². The highest BCUT2D eigenvalue weighted by atomic mass is 35.5. The highest BCUT2D eigenvalue weighted by Gasteiger charge is 2.25. The van der Waals surface area contributed by atoms with Crippen LogP contribution in [0, 0.1) is 0 Å². The van der Waals surface area contributed by atoms with Crippen LogP contribution in [0.25, 0.3) is 5.57 Å². The van der Waals surface area contributed by atoms with E-state index in [4.69, 9.17) is 16.3 Å². The highest BCUT2D eigenvalue weighted by molar-refractivity contribution is 6.32. The van der Waals surface area contributed by atoms with Crippen LogP contribution in [0.1, 0.15) is 51.0 Å². The minimum Gasteiger partial charge on any atom is -0.492 e. The third-order valence-corrected chi connectivity index (χ3v) is 4.08. The molecule has 0 aliphatic carbocycles. The summed E-state index contributed by atoms with van der Waals surface area (Å²) in [6.07, 6.45) is 7.28. The molecule has 0 fully saturated rings. The van der Waals surface area contributed by atoms with E-state index in [-0.39, 0.29) is 0 Å². The Morgan fingerprint density at radius 3 is 2.61 bits per heavy atom. The SMILES string of the molecule is CCCCCCCCOc1ccc(C2=CC(=O)OC2O)cc1Cl. The van der Waals surface area contributed by atoms with E-state index in [1.807, 2.05) is 0 Å². The van der Waals surface area contributed by atoms with Crippen LogP contribution in [0.3, 0.4) is 0 Å². The van der Waals surface area contributed by atoms with Crippen molar-refractivity contribution in [3.05, 3.63) is 34.9 Å². The Balaban J connectivity index is 1.83. The summed E-state index contributed by atoms with van der Waals surface area (Å²) in [5, 5.41) is 10.1. The summed E-state index contributed by atoms with van der Waals surface area (Å²) in [5.41, 5.74) is 1.07. The number of unbranched alkanes of at least 4 members (excludes halogenated alkanes) is 5. The fourth-order valence-electron chi connectivity index (χ4n) is 2.49. The number of carbonyl (C=O) groups is 1. The topological polar surface area (TPSA) is 55.8 Å². The number of cyclic esters (lactones) is 1. The van der Waals surface area contributed by atoms with Crippen LogP contribution in [-0.2, 0) is 9.53 Å². The van der Waals surface area contributed by atoms with Crippen molar-refractivity contribution in [2.75, 3.05) is 6.61 Å². The fraction of sp³-hybridized carbons (Fsp3) is 0.500. The van der Waals surface area contributed by atoms with Gasteiger partial charge in [-0.15, -0.1) is 0 Å². The predicted molar refractivity (Wildman–Crippen MR) is 90.4 cm³/mol. The first-order valence-electron chi connectivity index (χ1n) is 8.15. The quantitative estimate of drug-likeness (QED) is 0.537. The normalized spacial score (nSPS) is 17.1. The molecule has 0 aromatic heterocycles. The van der Waals surface area contributed by atoms with Crippen molar-refractivity contribution >= 4 is 23.1 Å². The smallest absolute Gasteiger partial charge is 0.333 e. The van der Waals surface area contributed by atoms with Gasteiger partial charge in [-0.3, -0.25) is 0 Å². The first-order valence-corrected chi connectivity index (χ1v) is 8.52. The maximum absolute atomic E-state index is 11.1. The van der Waals surface area contributed by atoms with Gasteiger partial charge in [-0.05, 0) is 24.1 Å². The lowest BCUT2D eigenvalue weighted by Gasteiger charge is -2.11. The van der Waals surface area contributed by atoms with E-state index >= 15 is 0 Å². The number of benzene rings is 1. The van der Waals surface area contributed by atoms with E-state index in [2.05, 4.69) is 11.7 Å². The molecule has 1 atom stereocenters. The van der Waals surface area contributed by atoms with Gasteiger partial charge in [-0.2, -0.15) is 0 Å². The van der Waals surface area contributed by atoms with Gasteiger partial charge in [-0.1, -0.05) is 56.7 Å². The molecule has 1 aliphatic heterocycles. The predicted octanol–water partition coefficient (Wildman–Crippen LogP) is 4.34. The third-order valence-electron chi connectivity index (χ3n) is 3.79. The number of ether oxygens (including phenoxy) is 2. The molecular formula is C18H23ClO4. The number of hydrogen-bond donors (Lipinski definition) is 1. The molecule has 0 saturated carbocycles. The molecule has 0 saturated heterocycles. The molecule has 0 spiro atoms. The summed E-state index contributed by atoms with van der Waals surface area (Å²) in [5.74, 6) is 0.0660. The van der Waals surface area contributed by atoms with E-state index < -0.39 is 12.3 Å².